The van der Waals surface area contributed by atoms with Crippen LogP contribution in [0.1, 0.15) is 5.56 Å². The number of nitrogens with zero attached hydrogens (tertiary/aromatic N) is 4. The van der Waals surface area contributed by atoms with Crippen LogP contribution in [0.2, 0.25) is 0 Å². The zero-order valence-corrected chi connectivity index (χ0v) is 15.0. The van der Waals surface area contributed by atoms with Crippen molar-refractivity contribution in [1.29, 1.82) is 5.26 Å². The molecule has 4 rings (SSSR count). The summed E-state index contributed by atoms with van der Waals surface area (Å²) in [5.74, 6) is 1.57. The number of fused-ring (bicyclic) bond motifs is 1. The molecule has 4 aromatic rings. The highest BCUT2D eigenvalue weighted by Gasteiger charge is 2.10. The normalized spacial score (nSPS) is 10.3. The van der Waals surface area contributed by atoms with Gasteiger partial charge in [-0.2, -0.15) is 15.2 Å². The van der Waals surface area contributed by atoms with Crippen LogP contribution >= 0.6 is 0 Å². The van der Waals surface area contributed by atoms with Crippen LogP contribution in [0.25, 0.3) is 10.9 Å². The van der Waals surface area contributed by atoms with Gasteiger partial charge in [-0.3, -0.25) is 4.98 Å². The number of nitrogens with one attached hydrogen (secondary N) is 1. The lowest BCUT2D eigenvalue weighted by molar-refractivity contribution is 0.389. The van der Waals surface area contributed by atoms with Crippen molar-refractivity contribution in [2.24, 2.45) is 0 Å². The molecule has 7 nitrogen and oxygen atoms in total. The van der Waals surface area contributed by atoms with Crippen molar-refractivity contribution >= 4 is 22.5 Å². The molecule has 2 aromatic carbocycles. The van der Waals surface area contributed by atoms with Gasteiger partial charge in [0.05, 0.1) is 24.8 Å². The average molecular weight is 369 g/mol. The van der Waals surface area contributed by atoms with Crippen molar-refractivity contribution in [2.75, 3.05) is 12.4 Å². The van der Waals surface area contributed by atoms with E-state index in [9.17, 15) is 0 Å². The molecular weight excluding hydrogens is 354 g/mol. The van der Waals surface area contributed by atoms with Crippen LogP contribution < -0.4 is 14.8 Å². The standard InChI is InChI=1S/C21H15N5O2/c1-27-18-12-19(28-17-6-2-4-15-5-3-11-23-20(15)17)26-21(25-18)24-16-9-7-14(13-22)8-10-16/h2-12H,1H3,(H,24,25,26). The van der Waals surface area contributed by atoms with Gasteiger partial charge < -0.3 is 14.8 Å². The zero-order chi connectivity index (χ0) is 19.3. The van der Waals surface area contributed by atoms with E-state index in [0.717, 1.165) is 16.6 Å². The Hall–Kier alpha value is -4.18. The van der Waals surface area contributed by atoms with Gasteiger partial charge in [-0.1, -0.05) is 18.2 Å². The van der Waals surface area contributed by atoms with Crippen molar-refractivity contribution < 1.29 is 9.47 Å². The summed E-state index contributed by atoms with van der Waals surface area (Å²) in [6, 6.07) is 20.2. The first-order valence-corrected chi connectivity index (χ1v) is 8.47. The van der Waals surface area contributed by atoms with Gasteiger partial charge >= 0.3 is 0 Å². The molecule has 0 aliphatic heterocycles. The third-order valence-electron chi connectivity index (χ3n) is 3.97. The van der Waals surface area contributed by atoms with Crippen molar-refractivity contribution in [3.05, 3.63) is 72.4 Å². The number of para-hydroxylation sites is 1. The first-order valence-electron chi connectivity index (χ1n) is 8.47. The quantitative estimate of drug-likeness (QED) is 0.556. The van der Waals surface area contributed by atoms with E-state index in [1.165, 1.54) is 7.11 Å². The maximum absolute atomic E-state index is 8.91. The summed E-state index contributed by atoms with van der Waals surface area (Å²) in [6.07, 6.45) is 1.72. The van der Waals surface area contributed by atoms with E-state index in [4.69, 9.17) is 14.7 Å². The molecule has 28 heavy (non-hydrogen) atoms. The number of pyridine rings is 1. The topological polar surface area (TPSA) is 93.0 Å². The van der Waals surface area contributed by atoms with Crippen LogP contribution in [-0.4, -0.2) is 22.1 Å². The monoisotopic (exact) mass is 369 g/mol. The zero-order valence-electron chi connectivity index (χ0n) is 15.0. The van der Waals surface area contributed by atoms with Gasteiger partial charge in [-0.05, 0) is 36.4 Å². The SMILES string of the molecule is COc1cc(Oc2cccc3cccnc23)nc(Nc2ccc(C#N)cc2)n1. The molecule has 0 amide bonds. The number of benzene rings is 2. The fourth-order valence-corrected chi connectivity index (χ4v) is 2.65. The van der Waals surface area contributed by atoms with E-state index in [2.05, 4.69) is 26.3 Å². The Labute approximate surface area is 161 Å². The van der Waals surface area contributed by atoms with Crippen molar-refractivity contribution in [2.45, 2.75) is 0 Å². The molecule has 136 valence electrons. The molecule has 0 unspecified atom stereocenters. The third-order valence-corrected chi connectivity index (χ3v) is 3.97. The Morgan fingerprint density at radius 2 is 1.75 bits per heavy atom. The van der Waals surface area contributed by atoms with Gasteiger partial charge in [0.1, 0.15) is 5.52 Å². The van der Waals surface area contributed by atoms with E-state index in [1.807, 2.05) is 30.3 Å². The minimum atomic E-state index is 0.312. The molecule has 0 bridgehead atoms. The van der Waals surface area contributed by atoms with Crippen molar-refractivity contribution in [3.63, 3.8) is 0 Å². The summed E-state index contributed by atoms with van der Waals surface area (Å²) >= 11 is 0. The Morgan fingerprint density at radius 1 is 0.964 bits per heavy atom. The van der Waals surface area contributed by atoms with E-state index in [1.54, 1.807) is 36.5 Å². The second-order valence-electron chi connectivity index (χ2n) is 5.82. The van der Waals surface area contributed by atoms with Gasteiger partial charge in [0.2, 0.25) is 17.7 Å². The van der Waals surface area contributed by atoms with E-state index < -0.39 is 0 Å². The number of rotatable bonds is 5. The lowest BCUT2D eigenvalue weighted by atomic mass is 10.2. The molecule has 0 saturated heterocycles. The smallest absolute Gasteiger partial charge is 0.233 e. The highest BCUT2D eigenvalue weighted by atomic mass is 16.5. The first-order chi connectivity index (χ1) is 13.7. The summed E-state index contributed by atoms with van der Waals surface area (Å²) in [7, 11) is 1.52. The number of hydrogen-bond donors (Lipinski definition) is 1. The maximum atomic E-state index is 8.91. The molecule has 0 fully saturated rings. The Morgan fingerprint density at radius 3 is 2.54 bits per heavy atom. The molecule has 0 spiro atoms. The summed E-state index contributed by atoms with van der Waals surface area (Å²) in [4.78, 5) is 13.1. The molecular formula is C21H15N5O2. The minimum absolute atomic E-state index is 0.312. The summed E-state index contributed by atoms with van der Waals surface area (Å²) in [6.45, 7) is 0. The molecule has 0 atom stereocenters. The number of aromatic nitrogens is 3. The number of nitriles is 1. The minimum Gasteiger partial charge on any atom is -0.481 e. The van der Waals surface area contributed by atoms with E-state index in [-0.39, 0.29) is 0 Å². The molecule has 7 heteroatoms. The van der Waals surface area contributed by atoms with E-state index >= 15 is 0 Å². The predicted octanol–water partition coefficient (Wildman–Crippen LogP) is 4.44. The molecule has 2 aromatic heterocycles. The maximum Gasteiger partial charge on any atom is 0.233 e. The molecule has 0 saturated carbocycles. The number of anilines is 2. The fourth-order valence-electron chi connectivity index (χ4n) is 2.65. The lowest BCUT2D eigenvalue weighted by Crippen LogP contribution is -2.01. The average Bonchev–Trinajstić information content (AvgIpc) is 2.74. The van der Waals surface area contributed by atoms with Gasteiger partial charge in [-0.25, -0.2) is 0 Å². The molecule has 2 heterocycles. The van der Waals surface area contributed by atoms with Gasteiger partial charge in [0.25, 0.3) is 0 Å². The van der Waals surface area contributed by atoms with Crippen molar-refractivity contribution in [3.8, 4) is 23.6 Å². The van der Waals surface area contributed by atoms with Crippen LogP contribution in [0, 0.1) is 11.3 Å². The highest BCUT2D eigenvalue weighted by Crippen LogP contribution is 2.29. The Kier molecular flexibility index (Phi) is 4.68. The van der Waals surface area contributed by atoms with Crippen LogP contribution in [0.15, 0.2) is 66.9 Å². The lowest BCUT2D eigenvalue weighted by Gasteiger charge is -2.11. The summed E-state index contributed by atoms with van der Waals surface area (Å²) < 4.78 is 11.2. The fraction of sp³-hybridized carbons (Fsp3) is 0.0476. The third kappa shape index (κ3) is 3.66. The van der Waals surface area contributed by atoms with Crippen LogP contribution in [0.5, 0.6) is 17.5 Å². The summed E-state index contributed by atoms with van der Waals surface area (Å²) in [5, 5.41) is 13.0. The molecule has 0 radical (unpaired) electrons. The molecule has 0 aliphatic carbocycles. The van der Waals surface area contributed by atoms with Gasteiger partial charge in [0, 0.05) is 17.3 Å². The second kappa shape index (κ2) is 7.60. The predicted molar refractivity (Wildman–Crippen MR) is 105 cm³/mol. The number of methoxy groups -OCH3 is 1. The first kappa shape index (κ1) is 17.2. The summed E-state index contributed by atoms with van der Waals surface area (Å²) in [5.41, 5.74) is 2.05. The second-order valence-corrected chi connectivity index (χ2v) is 5.82. The van der Waals surface area contributed by atoms with Crippen LogP contribution in [-0.2, 0) is 0 Å². The van der Waals surface area contributed by atoms with E-state index in [0.29, 0.717) is 29.0 Å². The van der Waals surface area contributed by atoms with Gasteiger partial charge in [0.15, 0.2) is 5.75 Å². The Balaban J connectivity index is 1.65. The largest absolute Gasteiger partial charge is 0.481 e. The van der Waals surface area contributed by atoms with Gasteiger partial charge in [-0.15, -0.1) is 0 Å². The van der Waals surface area contributed by atoms with Crippen LogP contribution in [0.4, 0.5) is 11.6 Å². The number of ether oxygens (including phenoxy) is 2. The molecule has 0 aliphatic rings. The van der Waals surface area contributed by atoms with Crippen LogP contribution in [0.3, 0.4) is 0 Å². The highest BCUT2D eigenvalue weighted by molar-refractivity contribution is 5.84. The Bertz CT molecular complexity index is 1160. The molecule has 1 N–H and O–H groups in total. The number of hydrogen-bond acceptors (Lipinski definition) is 7. The van der Waals surface area contributed by atoms with Crippen molar-refractivity contribution in [1.82, 2.24) is 15.0 Å².